The van der Waals surface area contributed by atoms with Gasteiger partial charge in [0.15, 0.2) is 0 Å². The number of hydrogen-bond donors (Lipinski definition) is 1. The molecule has 0 bridgehead atoms. The van der Waals surface area contributed by atoms with Gasteiger partial charge in [-0.05, 0) is 0 Å². The summed E-state index contributed by atoms with van der Waals surface area (Å²) in [7, 11) is 0. The van der Waals surface area contributed by atoms with Gasteiger partial charge in [0.05, 0.1) is 0 Å². The van der Waals surface area contributed by atoms with Crippen molar-refractivity contribution in [3.05, 3.63) is 0 Å². The first-order chi connectivity index (χ1) is 8.47. The third-order valence-corrected chi connectivity index (χ3v) is 2.16. The average molecular weight is 332 g/mol. The van der Waals surface area contributed by atoms with Gasteiger partial charge in [-0.15, -0.1) is 0 Å². The smallest absolute Gasteiger partial charge is 0.390 e. The summed E-state index contributed by atoms with van der Waals surface area (Å²) in [5.74, 6) is -13.6. The SMILES string of the molecule is OCC(F)(F)C(F)(C(F)(F)F)C(F)(F)C(F)C(F)(F)F. The highest BCUT2D eigenvalue weighted by Gasteiger charge is 2.86. The molecule has 0 fully saturated rings. The fourth-order valence-corrected chi connectivity index (χ4v) is 1.13. The van der Waals surface area contributed by atoms with Crippen LogP contribution in [-0.4, -0.2) is 47.8 Å². The van der Waals surface area contributed by atoms with Crippen molar-refractivity contribution in [1.29, 1.82) is 0 Å². The van der Waals surface area contributed by atoms with Crippen molar-refractivity contribution < 1.29 is 57.8 Å². The van der Waals surface area contributed by atoms with Crippen LogP contribution in [0.5, 0.6) is 0 Å². The van der Waals surface area contributed by atoms with E-state index in [1.807, 2.05) is 0 Å². The Morgan fingerprint density at radius 3 is 1.30 bits per heavy atom. The number of aliphatic hydroxyl groups excluding tert-OH is 1. The van der Waals surface area contributed by atoms with Gasteiger partial charge >= 0.3 is 29.9 Å². The van der Waals surface area contributed by atoms with Crippen LogP contribution in [0.25, 0.3) is 0 Å². The maximum Gasteiger partial charge on any atom is 0.434 e. The molecule has 0 saturated carbocycles. The largest absolute Gasteiger partial charge is 0.434 e. The molecule has 0 aromatic heterocycles. The zero-order valence-corrected chi connectivity index (χ0v) is 8.77. The summed E-state index contributed by atoms with van der Waals surface area (Å²) in [4.78, 5) is 0. The Kier molecular flexibility index (Phi) is 4.63. The number of hydrogen-bond acceptors (Lipinski definition) is 1. The molecular weight excluding hydrogens is 328 g/mol. The number of aliphatic hydroxyl groups is 1. The summed E-state index contributed by atoms with van der Waals surface area (Å²) in [6, 6.07) is 0. The molecule has 1 nitrogen and oxygen atoms in total. The first-order valence-electron chi connectivity index (χ1n) is 4.29. The summed E-state index contributed by atoms with van der Waals surface area (Å²) in [5, 5.41) is 7.81. The third-order valence-electron chi connectivity index (χ3n) is 2.16. The van der Waals surface area contributed by atoms with Crippen molar-refractivity contribution in [3.8, 4) is 0 Å². The Labute approximate surface area is 102 Å². The topological polar surface area (TPSA) is 20.2 Å². The average Bonchev–Trinajstić information content (AvgIpc) is 2.23. The maximum absolute atomic E-state index is 13.1. The zero-order valence-electron chi connectivity index (χ0n) is 8.77. The molecule has 0 spiro atoms. The molecule has 0 aliphatic rings. The molecule has 13 heteroatoms. The van der Waals surface area contributed by atoms with E-state index in [9.17, 15) is 52.7 Å². The van der Waals surface area contributed by atoms with Gasteiger partial charge in [0.2, 0.25) is 0 Å². The van der Waals surface area contributed by atoms with E-state index in [0.717, 1.165) is 0 Å². The van der Waals surface area contributed by atoms with E-state index in [0.29, 0.717) is 0 Å². The molecule has 0 saturated heterocycles. The highest BCUT2D eigenvalue weighted by Crippen LogP contribution is 2.57. The summed E-state index contributed by atoms with van der Waals surface area (Å²) in [6.45, 7) is -3.22. The van der Waals surface area contributed by atoms with Crippen molar-refractivity contribution in [2.24, 2.45) is 0 Å². The first-order valence-corrected chi connectivity index (χ1v) is 4.29. The predicted molar refractivity (Wildman–Crippen MR) is 37.8 cm³/mol. The molecule has 2 unspecified atom stereocenters. The second kappa shape index (κ2) is 4.84. The Bertz CT molecular complexity index is 343. The summed E-state index contributed by atoms with van der Waals surface area (Å²) in [5.41, 5.74) is -7.25. The first kappa shape index (κ1) is 19.1. The standard InChI is InChI=1S/C7H4F12O/c8-2(5(13,14)15)4(11,12)6(16,7(17,18)19)3(9,10)1-20/h2,20H,1H2. The van der Waals surface area contributed by atoms with Gasteiger partial charge in [0.25, 0.3) is 6.17 Å². The second-order valence-electron chi connectivity index (χ2n) is 3.55. The minimum absolute atomic E-state index is 3.22. The molecule has 0 aromatic rings. The van der Waals surface area contributed by atoms with Crippen molar-refractivity contribution in [2.45, 2.75) is 36.0 Å². The van der Waals surface area contributed by atoms with Crippen LogP contribution in [-0.2, 0) is 0 Å². The van der Waals surface area contributed by atoms with Gasteiger partial charge in [-0.2, -0.15) is 43.9 Å². The molecule has 122 valence electrons. The quantitative estimate of drug-likeness (QED) is 0.782. The van der Waals surface area contributed by atoms with Crippen LogP contribution in [0.2, 0.25) is 0 Å². The molecule has 0 aliphatic heterocycles. The fourth-order valence-electron chi connectivity index (χ4n) is 1.13. The highest BCUT2D eigenvalue weighted by molar-refractivity contribution is 5.12. The normalized spacial score (nSPS) is 19.6. The molecule has 0 amide bonds. The van der Waals surface area contributed by atoms with Gasteiger partial charge in [-0.3, -0.25) is 0 Å². The molecule has 0 radical (unpaired) electrons. The molecule has 20 heavy (non-hydrogen) atoms. The van der Waals surface area contributed by atoms with Gasteiger partial charge in [0, 0.05) is 0 Å². The summed E-state index contributed by atoms with van der Waals surface area (Å²) < 4.78 is 147. The van der Waals surface area contributed by atoms with Crippen molar-refractivity contribution >= 4 is 0 Å². The highest BCUT2D eigenvalue weighted by atomic mass is 19.4. The van der Waals surface area contributed by atoms with Crippen LogP contribution >= 0.6 is 0 Å². The van der Waals surface area contributed by atoms with E-state index in [1.165, 1.54) is 0 Å². The molecular formula is C7H4F12O. The lowest BCUT2D eigenvalue weighted by Crippen LogP contribution is -2.71. The lowest BCUT2D eigenvalue weighted by atomic mass is 9.86. The van der Waals surface area contributed by atoms with Crippen LogP contribution in [0.3, 0.4) is 0 Å². The molecule has 1 N–H and O–H groups in total. The van der Waals surface area contributed by atoms with Crippen LogP contribution in [0.4, 0.5) is 52.7 Å². The molecule has 0 heterocycles. The van der Waals surface area contributed by atoms with Gasteiger partial charge in [-0.25, -0.2) is 8.78 Å². The number of halogens is 12. The minimum Gasteiger partial charge on any atom is -0.390 e. The summed E-state index contributed by atoms with van der Waals surface area (Å²) in [6.07, 6.45) is -19.9. The Morgan fingerprint density at radius 1 is 0.750 bits per heavy atom. The number of alkyl halides is 12. The van der Waals surface area contributed by atoms with Crippen molar-refractivity contribution in [1.82, 2.24) is 0 Å². The predicted octanol–water partition coefficient (Wildman–Crippen LogP) is 3.42. The van der Waals surface area contributed by atoms with Crippen LogP contribution in [0, 0.1) is 0 Å². The van der Waals surface area contributed by atoms with Gasteiger partial charge in [0.1, 0.15) is 6.61 Å². The number of rotatable bonds is 4. The van der Waals surface area contributed by atoms with Crippen LogP contribution < -0.4 is 0 Å². The van der Waals surface area contributed by atoms with E-state index in [4.69, 9.17) is 5.11 Å². The van der Waals surface area contributed by atoms with E-state index in [-0.39, 0.29) is 0 Å². The van der Waals surface area contributed by atoms with E-state index in [2.05, 4.69) is 0 Å². The molecule has 0 aliphatic carbocycles. The molecule has 0 rings (SSSR count). The van der Waals surface area contributed by atoms with Gasteiger partial charge in [-0.1, -0.05) is 0 Å². The summed E-state index contributed by atoms with van der Waals surface area (Å²) >= 11 is 0. The zero-order chi connectivity index (χ0) is 16.8. The molecule has 2 atom stereocenters. The van der Waals surface area contributed by atoms with Gasteiger partial charge < -0.3 is 5.11 Å². The lowest BCUT2D eigenvalue weighted by Gasteiger charge is -2.40. The van der Waals surface area contributed by atoms with Crippen molar-refractivity contribution in [3.63, 3.8) is 0 Å². The second-order valence-corrected chi connectivity index (χ2v) is 3.55. The Hall–Kier alpha value is -0.880. The van der Waals surface area contributed by atoms with E-state index >= 15 is 0 Å². The Balaban J connectivity index is 6.18. The van der Waals surface area contributed by atoms with E-state index in [1.54, 1.807) is 0 Å². The minimum atomic E-state index is -7.29. The molecule has 0 aromatic carbocycles. The van der Waals surface area contributed by atoms with Crippen LogP contribution in [0.15, 0.2) is 0 Å². The lowest BCUT2D eigenvalue weighted by molar-refractivity contribution is -0.395. The van der Waals surface area contributed by atoms with Crippen molar-refractivity contribution in [2.75, 3.05) is 6.61 Å². The Morgan fingerprint density at radius 2 is 1.10 bits per heavy atom. The maximum atomic E-state index is 13.1. The van der Waals surface area contributed by atoms with Crippen LogP contribution in [0.1, 0.15) is 0 Å². The van der Waals surface area contributed by atoms with E-state index < -0.39 is 42.6 Å². The third kappa shape index (κ3) is 2.63. The fraction of sp³-hybridized carbons (Fsp3) is 1.00. The monoisotopic (exact) mass is 332 g/mol.